The molecule has 0 fully saturated rings. The maximum atomic E-state index is 13.9. The Kier molecular flexibility index (Phi) is 5.47. The number of ether oxygens (including phenoxy) is 1. The van der Waals surface area contributed by atoms with E-state index in [1.54, 1.807) is 12.1 Å². The molecule has 3 aromatic rings. The van der Waals surface area contributed by atoms with Crippen LogP contribution < -0.4 is 4.74 Å². The van der Waals surface area contributed by atoms with Crippen molar-refractivity contribution >= 4 is 0 Å². The summed E-state index contributed by atoms with van der Waals surface area (Å²) in [5, 5.41) is 0. The zero-order chi connectivity index (χ0) is 19.4. The Labute approximate surface area is 167 Å². The van der Waals surface area contributed by atoms with E-state index in [0.29, 0.717) is 0 Å². The average Bonchev–Trinajstić information content (AvgIpc) is 2.71. The normalized spacial score (nSPS) is 17.5. The summed E-state index contributed by atoms with van der Waals surface area (Å²) < 4.78 is 20.2. The van der Waals surface area contributed by atoms with E-state index < -0.39 is 5.60 Å². The number of benzene rings is 3. The minimum atomic E-state index is -0.504. The van der Waals surface area contributed by atoms with Gasteiger partial charge in [-0.3, -0.25) is 0 Å². The van der Waals surface area contributed by atoms with Crippen molar-refractivity contribution in [2.75, 3.05) is 0 Å². The van der Waals surface area contributed by atoms with Crippen LogP contribution in [0.3, 0.4) is 0 Å². The summed E-state index contributed by atoms with van der Waals surface area (Å²) in [6, 6.07) is 24.0. The van der Waals surface area contributed by atoms with Crippen LogP contribution >= 0.6 is 0 Å². The number of hydrogen-bond acceptors (Lipinski definition) is 1. The molecule has 0 N–H and O–H groups in total. The lowest BCUT2D eigenvalue weighted by Crippen LogP contribution is -2.42. The highest BCUT2D eigenvalue weighted by Crippen LogP contribution is 2.51. The predicted octanol–water partition coefficient (Wildman–Crippen LogP) is 7.02. The zero-order valence-corrected chi connectivity index (χ0v) is 16.5. The molecule has 1 aliphatic heterocycles. The SMILES string of the molecule is CCCCCCC1(c2ccc(Cc3ccccc3)cc2)Oc2ccc(F)cc21. The molecule has 0 saturated heterocycles. The van der Waals surface area contributed by atoms with Crippen LogP contribution in [0.5, 0.6) is 5.75 Å². The lowest BCUT2D eigenvalue weighted by molar-refractivity contribution is 0.0421. The number of halogens is 1. The van der Waals surface area contributed by atoms with E-state index in [2.05, 4.69) is 55.5 Å². The molecule has 1 atom stereocenters. The first-order chi connectivity index (χ1) is 13.7. The van der Waals surface area contributed by atoms with Gasteiger partial charge in [-0.1, -0.05) is 80.8 Å². The molecule has 3 aromatic carbocycles. The lowest BCUT2D eigenvalue weighted by Gasteiger charge is -2.45. The average molecular weight is 374 g/mol. The van der Waals surface area contributed by atoms with Gasteiger partial charge < -0.3 is 4.74 Å². The van der Waals surface area contributed by atoms with E-state index >= 15 is 0 Å². The van der Waals surface area contributed by atoms with Crippen molar-refractivity contribution < 1.29 is 9.13 Å². The molecule has 2 heteroatoms. The van der Waals surface area contributed by atoms with Gasteiger partial charge in [0.15, 0.2) is 5.60 Å². The van der Waals surface area contributed by atoms with Gasteiger partial charge >= 0.3 is 0 Å². The van der Waals surface area contributed by atoms with Gasteiger partial charge in [0, 0.05) is 11.1 Å². The van der Waals surface area contributed by atoms with Crippen molar-refractivity contribution in [3.05, 3.63) is 101 Å². The third-order valence-electron chi connectivity index (χ3n) is 5.71. The first-order valence-electron chi connectivity index (χ1n) is 10.3. The summed E-state index contributed by atoms with van der Waals surface area (Å²) >= 11 is 0. The van der Waals surface area contributed by atoms with E-state index in [-0.39, 0.29) is 5.82 Å². The molecule has 0 aliphatic carbocycles. The van der Waals surface area contributed by atoms with Crippen LogP contribution in [0.15, 0.2) is 72.8 Å². The molecule has 28 heavy (non-hydrogen) atoms. The second-order valence-electron chi connectivity index (χ2n) is 7.74. The van der Waals surface area contributed by atoms with Gasteiger partial charge in [-0.05, 0) is 48.6 Å². The highest BCUT2D eigenvalue weighted by Gasteiger charge is 2.46. The Morgan fingerprint density at radius 3 is 2.32 bits per heavy atom. The minimum Gasteiger partial charge on any atom is -0.477 e. The molecule has 0 amide bonds. The van der Waals surface area contributed by atoms with Gasteiger partial charge in [0.05, 0.1) is 0 Å². The summed E-state index contributed by atoms with van der Waals surface area (Å²) in [5.41, 5.74) is 4.18. The number of unbranched alkanes of at least 4 members (excludes halogenated alkanes) is 3. The summed E-state index contributed by atoms with van der Waals surface area (Å²) in [7, 11) is 0. The third kappa shape index (κ3) is 3.69. The van der Waals surface area contributed by atoms with Crippen LogP contribution in [0.25, 0.3) is 0 Å². The largest absolute Gasteiger partial charge is 0.477 e. The van der Waals surface area contributed by atoms with Crippen LogP contribution in [-0.4, -0.2) is 0 Å². The van der Waals surface area contributed by atoms with Crippen LogP contribution in [0.2, 0.25) is 0 Å². The molecule has 0 bridgehead atoms. The van der Waals surface area contributed by atoms with Crippen molar-refractivity contribution in [2.24, 2.45) is 0 Å². The Bertz CT molecular complexity index is 917. The van der Waals surface area contributed by atoms with Gasteiger partial charge in [-0.25, -0.2) is 4.39 Å². The summed E-state index contributed by atoms with van der Waals surface area (Å²) in [4.78, 5) is 0. The van der Waals surface area contributed by atoms with Gasteiger partial charge in [0.2, 0.25) is 0 Å². The molecule has 0 radical (unpaired) electrons. The van der Waals surface area contributed by atoms with Crippen molar-refractivity contribution in [3.63, 3.8) is 0 Å². The number of hydrogen-bond donors (Lipinski definition) is 0. The molecular formula is C26H27FO. The number of rotatable bonds is 8. The van der Waals surface area contributed by atoms with E-state index in [1.807, 2.05) is 6.07 Å². The molecule has 0 aromatic heterocycles. The van der Waals surface area contributed by atoms with Crippen LogP contribution in [-0.2, 0) is 12.0 Å². The van der Waals surface area contributed by atoms with Gasteiger partial charge in [0.1, 0.15) is 11.6 Å². The van der Waals surface area contributed by atoms with Gasteiger partial charge in [-0.2, -0.15) is 0 Å². The molecule has 4 rings (SSSR count). The molecule has 0 saturated carbocycles. The summed E-state index contributed by atoms with van der Waals surface area (Å²) in [6.07, 6.45) is 6.49. The van der Waals surface area contributed by atoms with Crippen LogP contribution in [0, 0.1) is 5.82 Å². The Morgan fingerprint density at radius 1 is 0.821 bits per heavy atom. The molecule has 144 valence electrons. The van der Waals surface area contributed by atoms with Crippen molar-refractivity contribution in [1.29, 1.82) is 0 Å². The highest BCUT2D eigenvalue weighted by atomic mass is 19.1. The summed E-state index contributed by atoms with van der Waals surface area (Å²) in [5.74, 6) is 0.617. The topological polar surface area (TPSA) is 9.23 Å². The first kappa shape index (κ1) is 18.7. The fourth-order valence-electron chi connectivity index (χ4n) is 4.17. The molecule has 1 aliphatic rings. The first-order valence-corrected chi connectivity index (χ1v) is 10.3. The third-order valence-corrected chi connectivity index (χ3v) is 5.71. The highest BCUT2D eigenvalue weighted by molar-refractivity contribution is 5.53. The minimum absolute atomic E-state index is 0.194. The second-order valence-corrected chi connectivity index (χ2v) is 7.74. The van der Waals surface area contributed by atoms with Gasteiger partial charge in [0.25, 0.3) is 0 Å². The number of fused-ring (bicyclic) bond motifs is 1. The van der Waals surface area contributed by atoms with E-state index in [0.717, 1.165) is 36.1 Å². The summed E-state index contributed by atoms with van der Waals surface area (Å²) in [6.45, 7) is 2.21. The fourth-order valence-corrected chi connectivity index (χ4v) is 4.17. The van der Waals surface area contributed by atoms with Crippen molar-refractivity contribution in [2.45, 2.75) is 51.0 Å². The van der Waals surface area contributed by atoms with Crippen molar-refractivity contribution in [3.8, 4) is 5.75 Å². The van der Waals surface area contributed by atoms with Crippen LogP contribution in [0.4, 0.5) is 4.39 Å². The zero-order valence-electron chi connectivity index (χ0n) is 16.5. The van der Waals surface area contributed by atoms with E-state index in [4.69, 9.17) is 4.74 Å². The Morgan fingerprint density at radius 2 is 1.57 bits per heavy atom. The monoisotopic (exact) mass is 374 g/mol. The maximum absolute atomic E-state index is 13.9. The van der Waals surface area contributed by atoms with E-state index in [9.17, 15) is 4.39 Å². The van der Waals surface area contributed by atoms with Gasteiger partial charge in [-0.15, -0.1) is 0 Å². The Hall–Kier alpha value is -2.61. The molecule has 1 unspecified atom stereocenters. The van der Waals surface area contributed by atoms with Crippen LogP contribution in [0.1, 0.15) is 61.3 Å². The second kappa shape index (κ2) is 8.18. The fraction of sp³-hybridized carbons (Fsp3) is 0.308. The van der Waals surface area contributed by atoms with Crippen molar-refractivity contribution in [1.82, 2.24) is 0 Å². The molecule has 1 nitrogen and oxygen atoms in total. The lowest BCUT2D eigenvalue weighted by atomic mass is 9.77. The Balaban J connectivity index is 1.58. The maximum Gasteiger partial charge on any atom is 0.163 e. The molecule has 0 spiro atoms. The van der Waals surface area contributed by atoms with E-state index in [1.165, 1.54) is 36.5 Å². The smallest absolute Gasteiger partial charge is 0.163 e. The predicted molar refractivity (Wildman–Crippen MR) is 112 cm³/mol. The quantitative estimate of drug-likeness (QED) is 0.385. The molecule has 1 heterocycles. The standard InChI is InChI=1S/C26H27FO/c1-2-3-4-8-17-26(24-19-23(27)15-16-25(24)28-26)22-13-11-21(12-14-22)18-20-9-6-5-7-10-20/h5-7,9-16,19H,2-4,8,17-18H2,1H3. The molecular weight excluding hydrogens is 347 g/mol.